The minimum atomic E-state index is -3.95. The molecule has 2 N–H and O–H groups in total. The molecule has 120 valence electrons. The van der Waals surface area contributed by atoms with Crippen LogP contribution in [0.2, 0.25) is 5.02 Å². The molecule has 0 bridgehead atoms. The number of ether oxygens (including phenoxy) is 1. The van der Waals surface area contributed by atoms with E-state index in [4.69, 9.17) is 11.6 Å². The predicted octanol–water partition coefficient (Wildman–Crippen LogP) is 2.38. The van der Waals surface area contributed by atoms with E-state index < -0.39 is 22.2 Å². The highest BCUT2D eigenvalue weighted by molar-refractivity contribution is 7.89. The van der Waals surface area contributed by atoms with Crippen LogP contribution in [0.15, 0.2) is 23.1 Å². The zero-order valence-corrected chi connectivity index (χ0v) is 13.0. The number of hydrogen-bond donors (Lipinski definition) is 2. The van der Waals surface area contributed by atoms with Crippen LogP contribution < -0.4 is 9.46 Å². The summed E-state index contributed by atoms with van der Waals surface area (Å²) in [5.74, 6) is -0.314. The zero-order valence-electron chi connectivity index (χ0n) is 11.4. The Morgan fingerprint density at radius 1 is 1.48 bits per heavy atom. The summed E-state index contributed by atoms with van der Waals surface area (Å²) in [6, 6.07) is 3.15. The van der Waals surface area contributed by atoms with Gasteiger partial charge in [0.05, 0.1) is 22.1 Å². The summed E-state index contributed by atoms with van der Waals surface area (Å²) in [7, 11) is -3.95. The van der Waals surface area contributed by atoms with Crippen molar-refractivity contribution in [2.75, 3.05) is 6.61 Å². The number of sulfonamides is 1. The van der Waals surface area contributed by atoms with Gasteiger partial charge < -0.3 is 9.84 Å². The van der Waals surface area contributed by atoms with Gasteiger partial charge in [-0.25, -0.2) is 13.1 Å². The summed E-state index contributed by atoms with van der Waals surface area (Å²) in [6.45, 7) is -0.185. The minimum absolute atomic E-state index is 0.206. The fraction of sp³-hybridized carbons (Fsp3) is 0.500. The lowest BCUT2D eigenvalue weighted by molar-refractivity contribution is -0.0498. The Kier molecular flexibility index (Phi) is 5.92. The fourth-order valence-electron chi connectivity index (χ4n) is 1.44. The lowest BCUT2D eigenvalue weighted by atomic mass is 10.0. The van der Waals surface area contributed by atoms with Crippen LogP contribution in [0.5, 0.6) is 5.75 Å². The quantitative estimate of drug-likeness (QED) is 0.797. The molecule has 0 spiro atoms. The number of benzene rings is 1. The maximum atomic E-state index is 12.2. The van der Waals surface area contributed by atoms with Crippen molar-refractivity contribution in [3.8, 4) is 5.75 Å². The number of alkyl halides is 2. The lowest BCUT2D eigenvalue weighted by Crippen LogP contribution is -2.48. The molecule has 0 aliphatic rings. The van der Waals surface area contributed by atoms with Crippen LogP contribution in [-0.2, 0) is 10.0 Å². The van der Waals surface area contributed by atoms with Crippen LogP contribution in [0.4, 0.5) is 8.78 Å². The first kappa shape index (κ1) is 18.1. The molecule has 1 atom stereocenters. The average molecular weight is 344 g/mol. The van der Waals surface area contributed by atoms with Gasteiger partial charge in [-0.3, -0.25) is 0 Å². The standard InChI is InChI=1S/C12H16ClF2NO4S/c1-3-12(2,7-17)16-21(18,19)8-4-5-10(9(13)6-8)20-11(14)15/h4-6,11,16-17H,3,7H2,1-2H3. The molecule has 5 nitrogen and oxygen atoms in total. The lowest BCUT2D eigenvalue weighted by Gasteiger charge is -2.26. The normalized spacial score (nSPS) is 15.0. The molecule has 1 aromatic rings. The van der Waals surface area contributed by atoms with E-state index in [1.165, 1.54) is 0 Å². The molecule has 1 unspecified atom stereocenters. The highest BCUT2D eigenvalue weighted by atomic mass is 35.5. The molecule has 0 saturated carbocycles. The highest BCUT2D eigenvalue weighted by Crippen LogP contribution is 2.29. The molecule has 0 aliphatic heterocycles. The van der Waals surface area contributed by atoms with Crippen LogP contribution in [0.3, 0.4) is 0 Å². The third-order valence-corrected chi connectivity index (χ3v) is 4.87. The molecule has 1 rings (SSSR count). The van der Waals surface area contributed by atoms with Gasteiger partial charge in [-0.1, -0.05) is 18.5 Å². The molecule has 0 heterocycles. The van der Waals surface area contributed by atoms with Gasteiger partial charge >= 0.3 is 6.61 Å². The van der Waals surface area contributed by atoms with Crippen molar-refractivity contribution in [2.24, 2.45) is 0 Å². The smallest absolute Gasteiger partial charge is 0.387 e. The molecule has 0 fully saturated rings. The first-order valence-corrected chi connectivity index (χ1v) is 7.89. The third-order valence-electron chi connectivity index (χ3n) is 2.94. The van der Waals surface area contributed by atoms with Gasteiger partial charge in [0, 0.05) is 0 Å². The molecule has 1 aromatic carbocycles. The van der Waals surface area contributed by atoms with Crippen molar-refractivity contribution in [2.45, 2.75) is 37.3 Å². The van der Waals surface area contributed by atoms with Gasteiger partial charge in [0.2, 0.25) is 10.0 Å². The van der Waals surface area contributed by atoms with Crippen LogP contribution >= 0.6 is 11.6 Å². The van der Waals surface area contributed by atoms with Crippen LogP contribution in [0, 0.1) is 0 Å². The predicted molar refractivity (Wildman–Crippen MR) is 74.2 cm³/mol. The monoisotopic (exact) mass is 343 g/mol. The summed E-state index contributed by atoms with van der Waals surface area (Å²) in [5, 5.41) is 8.99. The molecule has 0 aliphatic carbocycles. The topological polar surface area (TPSA) is 75.6 Å². The van der Waals surface area contributed by atoms with E-state index in [0.717, 1.165) is 18.2 Å². The van der Waals surface area contributed by atoms with Crippen LogP contribution in [0.1, 0.15) is 20.3 Å². The molecule has 0 saturated heterocycles. The second-order valence-electron chi connectivity index (χ2n) is 4.65. The van der Waals surface area contributed by atoms with E-state index >= 15 is 0 Å². The Hall–Kier alpha value is -0.960. The SMILES string of the molecule is CCC(C)(CO)NS(=O)(=O)c1ccc(OC(F)F)c(Cl)c1. The number of aliphatic hydroxyl groups excluding tert-OH is 1. The Morgan fingerprint density at radius 3 is 2.52 bits per heavy atom. The van der Waals surface area contributed by atoms with Gasteiger partial charge in [0.25, 0.3) is 0 Å². The highest BCUT2D eigenvalue weighted by Gasteiger charge is 2.29. The minimum Gasteiger partial charge on any atom is -0.433 e. The summed E-state index contributed by atoms with van der Waals surface area (Å²) >= 11 is 5.72. The maximum absolute atomic E-state index is 12.2. The zero-order chi connectivity index (χ0) is 16.3. The van der Waals surface area contributed by atoms with Crippen molar-refractivity contribution >= 4 is 21.6 Å². The Labute approximate surface area is 126 Å². The van der Waals surface area contributed by atoms with Gasteiger partial charge in [0.1, 0.15) is 5.75 Å². The Morgan fingerprint density at radius 2 is 2.10 bits per heavy atom. The molecule has 0 amide bonds. The fourth-order valence-corrected chi connectivity index (χ4v) is 3.23. The van der Waals surface area contributed by atoms with E-state index in [2.05, 4.69) is 9.46 Å². The van der Waals surface area contributed by atoms with Crippen molar-refractivity contribution in [1.82, 2.24) is 4.72 Å². The summed E-state index contributed by atoms with van der Waals surface area (Å²) in [5.41, 5.74) is -1.02. The summed E-state index contributed by atoms with van der Waals surface area (Å²) < 4.78 is 55.1. The van der Waals surface area contributed by atoms with Crippen molar-refractivity contribution in [3.05, 3.63) is 23.2 Å². The van der Waals surface area contributed by atoms with E-state index in [1.54, 1.807) is 13.8 Å². The van der Waals surface area contributed by atoms with Crippen molar-refractivity contribution in [1.29, 1.82) is 0 Å². The van der Waals surface area contributed by atoms with E-state index in [9.17, 15) is 22.3 Å². The Bertz CT molecular complexity index is 591. The first-order valence-electron chi connectivity index (χ1n) is 6.03. The molecular formula is C12H16ClF2NO4S. The number of aliphatic hydroxyl groups is 1. The molecule has 21 heavy (non-hydrogen) atoms. The second kappa shape index (κ2) is 6.87. The maximum Gasteiger partial charge on any atom is 0.387 e. The first-order chi connectivity index (χ1) is 9.63. The van der Waals surface area contributed by atoms with Crippen LogP contribution in [0.25, 0.3) is 0 Å². The van der Waals surface area contributed by atoms with Gasteiger partial charge in [-0.2, -0.15) is 8.78 Å². The van der Waals surface area contributed by atoms with Gasteiger partial charge in [0.15, 0.2) is 0 Å². The average Bonchev–Trinajstić information content (AvgIpc) is 2.40. The van der Waals surface area contributed by atoms with Gasteiger partial charge in [-0.15, -0.1) is 0 Å². The number of nitrogens with one attached hydrogen (secondary N) is 1. The number of halogens is 3. The number of hydrogen-bond acceptors (Lipinski definition) is 4. The Balaban J connectivity index is 3.07. The van der Waals surface area contributed by atoms with Gasteiger partial charge in [-0.05, 0) is 31.5 Å². The van der Waals surface area contributed by atoms with E-state index in [1.807, 2.05) is 0 Å². The molecular weight excluding hydrogens is 328 g/mol. The second-order valence-corrected chi connectivity index (χ2v) is 6.74. The largest absolute Gasteiger partial charge is 0.433 e. The molecule has 0 radical (unpaired) electrons. The third kappa shape index (κ3) is 4.77. The van der Waals surface area contributed by atoms with Crippen molar-refractivity contribution < 1.29 is 27.0 Å². The van der Waals surface area contributed by atoms with Crippen molar-refractivity contribution in [3.63, 3.8) is 0 Å². The summed E-state index contributed by atoms with van der Waals surface area (Å²) in [6.07, 6.45) is 0.364. The van der Waals surface area contributed by atoms with E-state index in [0.29, 0.717) is 6.42 Å². The number of rotatable bonds is 7. The molecule has 9 heteroatoms. The summed E-state index contributed by atoms with van der Waals surface area (Å²) in [4.78, 5) is -0.206. The van der Waals surface area contributed by atoms with E-state index in [-0.39, 0.29) is 22.3 Å². The van der Waals surface area contributed by atoms with Crippen LogP contribution in [-0.4, -0.2) is 32.3 Å². The molecule has 0 aromatic heterocycles.